The lowest BCUT2D eigenvalue weighted by atomic mass is 10.1. The molecule has 0 aromatic heterocycles. The number of carbonyl (C=O) groups excluding carboxylic acids is 1. The standard InChI is InChI=1S/C24H20BrNO3S2/c1-15-4-3-5-16(2)20(15)14-31(28,29)19-10-11-22-21(13-19)26-24(27)23(30-22)12-17-6-8-18(25)9-7-17/h3-13H,14H2,1-2H3,(H,26,27). The zero-order valence-electron chi connectivity index (χ0n) is 17.0. The molecular weight excluding hydrogens is 494 g/mol. The summed E-state index contributed by atoms with van der Waals surface area (Å²) in [5, 5.41) is 2.84. The highest BCUT2D eigenvalue weighted by Crippen LogP contribution is 2.40. The third-order valence-electron chi connectivity index (χ3n) is 5.15. The van der Waals surface area contributed by atoms with Crippen LogP contribution >= 0.6 is 27.7 Å². The van der Waals surface area contributed by atoms with Gasteiger partial charge in [0.05, 0.1) is 21.2 Å². The lowest BCUT2D eigenvalue weighted by Crippen LogP contribution is -2.18. The SMILES string of the molecule is Cc1cccc(C)c1CS(=O)(=O)c1ccc2c(c1)NC(=O)C(=Cc1ccc(Br)cc1)S2. The van der Waals surface area contributed by atoms with E-state index in [0.29, 0.717) is 10.6 Å². The van der Waals surface area contributed by atoms with Crippen LogP contribution in [0.2, 0.25) is 0 Å². The highest BCUT2D eigenvalue weighted by Gasteiger charge is 2.24. The largest absolute Gasteiger partial charge is 0.320 e. The monoisotopic (exact) mass is 513 g/mol. The van der Waals surface area contributed by atoms with Crippen LogP contribution in [-0.2, 0) is 20.4 Å². The van der Waals surface area contributed by atoms with E-state index < -0.39 is 9.84 Å². The van der Waals surface area contributed by atoms with E-state index in [0.717, 1.165) is 31.6 Å². The minimum atomic E-state index is -3.56. The Morgan fingerprint density at radius 1 is 1.00 bits per heavy atom. The van der Waals surface area contributed by atoms with Crippen molar-refractivity contribution in [2.45, 2.75) is 29.4 Å². The fourth-order valence-electron chi connectivity index (χ4n) is 3.39. The van der Waals surface area contributed by atoms with Gasteiger partial charge < -0.3 is 5.32 Å². The summed E-state index contributed by atoms with van der Waals surface area (Å²) in [7, 11) is -3.56. The normalized spacial score (nSPS) is 14.9. The van der Waals surface area contributed by atoms with Crippen molar-refractivity contribution in [3.05, 3.63) is 92.3 Å². The van der Waals surface area contributed by atoms with Crippen molar-refractivity contribution >= 4 is 55.2 Å². The number of thioether (sulfide) groups is 1. The fraction of sp³-hybridized carbons (Fsp3) is 0.125. The van der Waals surface area contributed by atoms with E-state index in [-0.39, 0.29) is 16.6 Å². The molecule has 0 unspecified atom stereocenters. The molecule has 4 rings (SSSR count). The molecule has 158 valence electrons. The molecule has 0 atom stereocenters. The predicted molar refractivity (Wildman–Crippen MR) is 130 cm³/mol. The summed E-state index contributed by atoms with van der Waals surface area (Å²) in [6, 6.07) is 18.4. The van der Waals surface area contributed by atoms with Gasteiger partial charge in [-0.05, 0) is 72.5 Å². The fourth-order valence-corrected chi connectivity index (χ4v) is 6.16. The molecule has 1 aliphatic heterocycles. The number of benzene rings is 3. The molecular formula is C24H20BrNO3S2. The van der Waals surface area contributed by atoms with Crippen molar-refractivity contribution in [3.63, 3.8) is 0 Å². The molecule has 0 fully saturated rings. The Morgan fingerprint density at radius 2 is 1.68 bits per heavy atom. The van der Waals surface area contributed by atoms with E-state index in [1.807, 2.05) is 62.4 Å². The molecule has 3 aromatic carbocycles. The number of anilines is 1. The van der Waals surface area contributed by atoms with E-state index in [2.05, 4.69) is 21.2 Å². The number of aryl methyl sites for hydroxylation is 2. The van der Waals surface area contributed by atoms with Crippen molar-refractivity contribution in [1.29, 1.82) is 0 Å². The lowest BCUT2D eigenvalue weighted by Gasteiger charge is -2.20. The van der Waals surface area contributed by atoms with Gasteiger partial charge in [0.1, 0.15) is 0 Å². The average Bonchev–Trinajstić information content (AvgIpc) is 2.72. The van der Waals surface area contributed by atoms with Gasteiger partial charge in [-0.1, -0.05) is 58.0 Å². The molecule has 0 saturated carbocycles. The number of hydrogen-bond acceptors (Lipinski definition) is 4. The Kier molecular flexibility index (Phi) is 6.10. The van der Waals surface area contributed by atoms with Gasteiger partial charge in [-0.3, -0.25) is 4.79 Å². The number of carbonyl (C=O) groups is 1. The molecule has 3 aromatic rings. The van der Waals surface area contributed by atoms with Crippen molar-refractivity contribution in [1.82, 2.24) is 0 Å². The first-order valence-electron chi connectivity index (χ1n) is 9.61. The smallest absolute Gasteiger partial charge is 0.262 e. The van der Waals surface area contributed by atoms with Crippen LogP contribution in [0, 0.1) is 13.8 Å². The van der Waals surface area contributed by atoms with E-state index in [1.165, 1.54) is 11.8 Å². The highest BCUT2D eigenvalue weighted by atomic mass is 79.9. The van der Waals surface area contributed by atoms with Crippen LogP contribution in [-0.4, -0.2) is 14.3 Å². The van der Waals surface area contributed by atoms with Gasteiger partial charge in [-0.25, -0.2) is 8.42 Å². The summed E-state index contributed by atoms with van der Waals surface area (Å²) in [4.78, 5) is 14.2. The van der Waals surface area contributed by atoms with Gasteiger partial charge in [0.15, 0.2) is 9.84 Å². The topological polar surface area (TPSA) is 63.2 Å². The molecule has 1 N–H and O–H groups in total. The van der Waals surface area contributed by atoms with Gasteiger partial charge in [0.25, 0.3) is 5.91 Å². The number of halogens is 1. The van der Waals surface area contributed by atoms with Gasteiger partial charge >= 0.3 is 0 Å². The molecule has 1 amide bonds. The first-order chi connectivity index (χ1) is 14.7. The zero-order chi connectivity index (χ0) is 22.2. The van der Waals surface area contributed by atoms with Crippen LogP contribution < -0.4 is 5.32 Å². The lowest BCUT2D eigenvalue weighted by molar-refractivity contribution is -0.112. The first kappa shape index (κ1) is 21.9. The van der Waals surface area contributed by atoms with E-state index in [4.69, 9.17) is 0 Å². The molecule has 0 radical (unpaired) electrons. The van der Waals surface area contributed by atoms with Gasteiger partial charge in [-0.2, -0.15) is 0 Å². The second kappa shape index (κ2) is 8.65. The maximum Gasteiger partial charge on any atom is 0.262 e. The van der Waals surface area contributed by atoms with Crippen LogP contribution in [0.15, 0.2) is 79.8 Å². The summed E-state index contributed by atoms with van der Waals surface area (Å²) in [5.41, 5.74) is 4.15. The zero-order valence-corrected chi connectivity index (χ0v) is 20.2. The minimum absolute atomic E-state index is 0.0693. The summed E-state index contributed by atoms with van der Waals surface area (Å²) >= 11 is 4.74. The van der Waals surface area contributed by atoms with Crippen molar-refractivity contribution < 1.29 is 13.2 Å². The molecule has 4 nitrogen and oxygen atoms in total. The maximum atomic E-state index is 13.1. The van der Waals surface area contributed by atoms with Crippen molar-refractivity contribution in [2.75, 3.05) is 5.32 Å². The van der Waals surface area contributed by atoms with Crippen LogP contribution in [0.5, 0.6) is 0 Å². The van der Waals surface area contributed by atoms with E-state index in [9.17, 15) is 13.2 Å². The Balaban J connectivity index is 1.62. The number of fused-ring (bicyclic) bond motifs is 1. The summed E-state index contributed by atoms with van der Waals surface area (Å²) < 4.78 is 27.1. The molecule has 31 heavy (non-hydrogen) atoms. The van der Waals surface area contributed by atoms with E-state index in [1.54, 1.807) is 18.2 Å². The summed E-state index contributed by atoms with van der Waals surface area (Å²) in [6.07, 6.45) is 1.82. The van der Waals surface area contributed by atoms with Crippen LogP contribution in [0.25, 0.3) is 6.08 Å². The first-order valence-corrected chi connectivity index (χ1v) is 12.9. The second-order valence-corrected chi connectivity index (χ2v) is 11.4. The number of hydrogen-bond donors (Lipinski definition) is 1. The number of nitrogens with one attached hydrogen (secondary N) is 1. The Morgan fingerprint density at radius 3 is 2.35 bits per heavy atom. The van der Waals surface area contributed by atoms with Gasteiger partial charge in [0, 0.05) is 9.37 Å². The van der Waals surface area contributed by atoms with Gasteiger partial charge in [0.2, 0.25) is 0 Å². The predicted octanol–water partition coefficient (Wildman–Crippen LogP) is 6.13. The molecule has 7 heteroatoms. The molecule has 0 bridgehead atoms. The molecule has 0 spiro atoms. The van der Waals surface area contributed by atoms with E-state index >= 15 is 0 Å². The molecule has 1 aliphatic rings. The number of rotatable bonds is 4. The van der Waals surface area contributed by atoms with Crippen LogP contribution in [0.4, 0.5) is 5.69 Å². The third-order valence-corrected chi connectivity index (χ3v) is 8.42. The summed E-state index contributed by atoms with van der Waals surface area (Å²) in [6.45, 7) is 3.84. The van der Waals surface area contributed by atoms with Gasteiger partial charge in [-0.15, -0.1) is 0 Å². The quantitative estimate of drug-likeness (QED) is 0.426. The van der Waals surface area contributed by atoms with Crippen molar-refractivity contribution in [2.24, 2.45) is 0 Å². The number of sulfone groups is 1. The molecule has 0 aliphatic carbocycles. The van der Waals surface area contributed by atoms with Crippen LogP contribution in [0.1, 0.15) is 22.3 Å². The van der Waals surface area contributed by atoms with Crippen molar-refractivity contribution in [3.8, 4) is 0 Å². The molecule has 0 saturated heterocycles. The highest BCUT2D eigenvalue weighted by molar-refractivity contribution is 9.10. The minimum Gasteiger partial charge on any atom is -0.320 e. The Bertz CT molecular complexity index is 1290. The third kappa shape index (κ3) is 4.79. The summed E-state index contributed by atoms with van der Waals surface area (Å²) in [5.74, 6) is -0.315. The Labute approximate surface area is 194 Å². The van der Waals surface area contributed by atoms with Crippen LogP contribution in [0.3, 0.4) is 0 Å². The average molecular weight is 514 g/mol. The Hall–Kier alpha value is -2.35. The maximum absolute atomic E-state index is 13.1. The number of amides is 1. The second-order valence-electron chi connectivity index (χ2n) is 7.40. The molecule has 1 heterocycles.